The molecule has 0 aliphatic heterocycles. The molecule has 0 spiro atoms. The maximum absolute atomic E-state index is 11.1. The van der Waals surface area contributed by atoms with Crippen molar-refractivity contribution >= 4 is 5.97 Å². The molecule has 0 aromatic carbocycles. The SMILES string of the molecule is CCOC(=O)CCCCCNCc1ccnn1C. The Labute approximate surface area is 109 Å². The second-order valence-corrected chi connectivity index (χ2v) is 4.24. The zero-order chi connectivity index (χ0) is 13.2. The number of unbranched alkanes of at least 4 members (excludes halogenated alkanes) is 2. The van der Waals surface area contributed by atoms with E-state index in [1.807, 2.05) is 24.7 Å². The van der Waals surface area contributed by atoms with Crippen LogP contribution < -0.4 is 5.32 Å². The van der Waals surface area contributed by atoms with Gasteiger partial charge in [-0.15, -0.1) is 0 Å². The summed E-state index contributed by atoms with van der Waals surface area (Å²) >= 11 is 0. The standard InChI is InChI=1S/C13H23N3O2/c1-3-18-13(17)7-5-4-6-9-14-11-12-8-10-15-16(12)2/h8,10,14H,3-7,9,11H2,1-2H3. The quantitative estimate of drug-likeness (QED) is 0.537. The molecule has 0 fully saturated rings. The first-order chi connectivity index (χ1) is 8.74. The maximum atomic E-state index is 11.1. The smallest absolute Gasteiger partial charge is 0.305 e. The van der Waals surface area contributed by atoms with Gasteiger partial charge in [0, 0.05) is 26.2 Å². The van der Waals surface area contributed by atoms with Crippen LogP contribution in [0.25, 0.3) is 0 Å². The fourth-order valence-electron chi connectivity index (χ4n) is 1.72. The molecule has 0 amide bonds. The molecule has 0 bridgehead atoms. The lowest BCUT2D eigenvalue weighted by atomic mass is 10.2. The van der Waals surface area contributed by atoms with Crippen LogP contribution in [-0.2, 0) is 23.1 Å². The number of hydrogen-bond acceptors (Lipinski definition) is 4. The predicted octanol–water partition coefficient (Wildman–Crippen LogP) is 1.63. The molecule has 102 valence electrons. The Morgan fingerprint density at radius 1 is 1.44 bits per heavy atom. The van der Waals surface area contributed by atoms with Crippen molar-refractivity contribution in [1.29, 1.82) is 0 Å². The summed E-state index contributed by atoms with van der Waals surface area (Å²) in [5.74, 6) is -0.0830. The summed E-state index contributed by atoms with van der Waals surface area (Å²) in [6.45, 7) is 4.12. The molecule has 18 heavy (non-hydrogen) atoms. The van der Waals surface area contributed by atoms with Crippen molar-refractivity contribution in [3.8, 4) is 0 Å². The van der Waals surface area contributed by atoms with Crippen LogP contribution in [0.4, 0.5) is 0 Å². The first kappa shape index (κ1) is 14.7. The number of aromatic nitrogens is 2. The van der Waals surface area contributed by atoms with E-state index in [1.54, 1.807) is 6.20 Å². The van der Waals surface area contributed by atoms with Gasteiger partial charge in [-0.1, -0.05) is 6.42 Å². The number of rotatable bonds is 9. The Hall–Kier alpha value is -1.36. The zero-order valence-corrected chi connectivity index (χ0v) is 11.3. The van der Waals surface area contributed by atoms with Crippen molar-refractivity contribution in [1.82, 2.24) is 15.1 Å². The molecule has 0 unspecified atom stereocenters. The van der Waals surface area contributed by atoms with E-state index in [0.29, 0.717) is 13.0 Å². The molecule has 5 nitrogen and oxygen atoms in total. The average molecular weight is 253 g/mol. The van der Waals surface area contributed by atoms with Crippen LogP contribution in [0.3, 0.4) is 0 Å². The molecule has 5 heteroatoms. The summed E-state index contributed by atoms with van der Waals surface area (Å²) in [5, 5.41) is 7.47. The average Bonchev–Trinajstić information content (AvgIpc) is 2.74. The van der Waals surface area contributed by atoms with Crippen molar-refractivity contribution in [2.75, 3.05) is 13.2 Å². The Kier molecular flexibility index (Phi) is 7.10. The maximum Gasteiger partial charge on any atom is 0.305 e. The van der Waals surface area contributed by atoms with E-state index in [2.05, 4.69) is 10.4 Å². The van der Waals surface area contributed by atoms with Crippen molar-refractivity contribution in [2.45, 2.75) is 39.2 Å². The number of nitrogens with zero attached hydrogens (tertiary/aromatic N) is 2. The van der Waals surface area contributed by atoms with Gasteiger partial charge in [0.2, 0.25) is 0 Å². The fourth-order valence-corrected chi connectivity index (χ4v) is 1.72. The van der Waals surface area contributed by atoms with E-state index >= 15 is 0 Å². The van der Waals surface area contributed by atoms with E-state index in [9.17, 15) is 4.79 Å². The first-order valence-corrected chi connectivity index (χ1v) is 6.57. The predicted molar refractivity (Wildman–Crippen MR) is 70.0 cm³/mol. The van der Waals surface area contributed by atoms with Gasteiger partial charge in [-0.05, 0) is 32.4 Å². The molecule has 1 aromatic heterocycles. The van der Waals surface area contributed by atoms with Crippen LogP contribution in [0.15, 0.2) is 12.3 Å². The van der Waals surface area contributed by atoms with E-state index in [-0.39, 0.29) is 5.97 Å². The third-order valence-corrected chi connectivity index (χ3v) is 2.77. The second-order valence-electron chi connectivity index (χ2n) is 4.24. The van der Waals surface area contributed by atoms with Crippen LogP contribution in [0.1, 0.15) is 38.3 Å². The number of nitrogens with one attached hydrogen (secondary N) is 1. The summed E-state index contributed by atoms with van der Waals surface area (Å²) in [5.41, 5.74) is 1.18. The van der Waals surface area contributed by atoms with Gasteiger partial charge >= 0.3 is 5.97 Å². The third-order valence-electron chi connectivity index (χ3n) is 2.77. The number of ether oxygens (including phenoxy) is 1. The van der Waals surface area contributed by atoms with Crippen LogP contribution >= 0.6 is 0 Å². The van der Waals surface area contributed by atoms with Gasteiger partial charge in [0.15, 0.2) is 0 Å². The molecular formula is C13H23N3O2. The van der Waals surface area contributed by atoms with Crippen LogP contribution in [0.2, 0.25) is 0 Å². The van der Waals surface area contributed by atoms with Gasteiger partial charge in [0.25, 0.3) is 0 Å². The number of aryl methyl sites for hydroxylation is 1. The number of carbonyl (C=O) groups is 1. The lowest BCUT2D eigenvalue weighted by molar-refractivity contribution is -0.143. The van der Waals surface area contributed by atoms with Crippen molar-refractivity contribution < 1.29 is 9.53 Å². The highest BCUT2D eigenvalue weighted by Crippen LogP contribution is 2.01. The minimum Gasteiger partial charge on any atom is -0.466 e. The molecule has 0 radical (unpaired) electrons. The van der Waals surface area contributed by atoms with Crippen molar-refractivity contribution in [3.63, 3.8) is 0 Å². The topological polar surface area (TPSA) is 56.1 Å². The van der Waals surface area contributed by atoms with Gasteiger partial charge in [-0.25, -0.2) is 0 Å². The normalized spacial score (nSPS) is 10.6. The molecule has 0 atom stereocenters. The van der Waals surface area contributed by atoms with Gasteiger partial charge in [-0.2, -0.15) is 5.10 Å². The minimum absolute atomic E-state index is 0.0830. The van der Waals surface area contributed by atoms with Gasteiger partial charge in [-0.3, -0.25) is 9.48 Å². The molecule has 0 aliphatic rings. The summed E-state index contributed by atoms with van der Waals surface area (Å²) < 4.78 is 6.74. The Morgan fingerprint density at radius 2 is 2.28 bits per heavy atom. The Morgan fingerprint density at radius 3 is 2.94 bits per heavy atom. The summed E-state index contributed by atoms with van der Waals surface area (Å²) in [7, 11) is 1.94. The van der Waals surface area contributed by atoms with Crippen molar-refractivity contribution in [2.24, 2.45) is 7.05 Å². The molecular weight excluding hydrogens is 230 g/mol. The molecule has 0 saturated heterocycles. The fraction of sp³-hybridized carbons (Fsp3) is 0.692. The van der Waals surface area contributed by atoms with E-state index in [4.69, 9.17) is 4.74 Å². The number of esters is 1. The molecule has 1 aromatic rings. The highest BCUT2D eigenvalue weighted by molar-refractivity contribution is 5.69. The van der Waals surface area contributed by atoms with E-state index in [1.165, 1.54) is 5.69 Å². The van der Waals surface area contributed by atoms with E-state index < -0.39 is 0 Å². The molecule has 1 rings (SSSR count). The Bertz CT molecular complexity index is 350. The van der Waals surface area contributed by atoms with Gasteiger partial charge in [0.1, 0.15) is 0 Å². The summed E-state index contributed by atoms with van der Waals surface area (Å²) in [6.07, 6.45) is 5.38. The monoisotopic (exact) mass is 253 g/mol. The minimum atomic E-state index is -0.0830. The summed E-state index contributed by atoms with van der Waals surface area (Å²) in [6, 6.07) is 2.01. The zero-order valence-electron chi connectivity index (χ0n) is 11.3. The second kappa shape index (κ2) is 8.69. The van der Waals surface area contributed by atoms with Gasteiger partial charge in [0.05, 0.1) is 12.3 Å². The lowest BCUT2D eigenvalue weighted by Crippen LogP contribution is -2.17. The third kappa shape index (κ3) is 5.82. The van der Waals surface area contributed by atoms with Gasteiger partial charge < -0.3 is 10.1 Å². The highest BCUT2D eigenvalue weighted by atomic mass is 16.5. The molecule has 1 N–H and O–H groups in total. The van der Waals surface area contributed by atoms with Crippen molar-refractivity contribution in [3.05, 3.63) is 18.0 Å². The number of carbonyl (C=O) groups excluding carboxylic acids is 1. The summed E-state index contributed by atoms with van der Waals surface area (Å²) in [4.78, 5) is 11.1. The lowest BCUT2D eigenvalue weighted by Gasteiger charge is -2.05. The van der Waals surface area contributed by atoms with Crippen LogP contribution in [0.5, 0.6) is 0 Å². The Balaban J connectivity index is 1.93. The van der Waals surface area contributed by atoms with E-state index in [0.717, 1.165) is 32.4 Å². The molecule has 1 heterocycles. The van der Waals surface area contributed by atoms with Crippen LogP contribution in [-0.4, -0.2) is 28.9 Å². The molecule has 0 saturated carbocycles. The first-order valence-electron chi connectivity index (χ1n) is 6.57. The largest absolute Gasteiger partial charge is 0.466 e. The number of hydrogen-bond donors (Lipinski definition) is 1. The molecule has 0 aliphatic carbocycles. The highest BCUT2D eigenvalue weighted by Gasteiger charge is 2.01. The van der Waals surface area contributed by atoms with Crippen LogP contribution in [0, 0.1) is 0 Å².